The molecule has 1 aromatic heterocycles. The number of piperazine rings is 1. The average molecular weight is 284 g/mol. The third-order valence-electron chi connectivity index (χ3n) is 3.01. The number of halogens is 1. The number of nitrogens with zero attached hydrogens (tertiary/aromatic N) is 4. The van der Waals surface area contributed by atoms with Crippen LogP contribution in [0.4, 0.5) is 10.6 Å². The SMILES string of the molecule is CCNC(=O)N1CCN(c2cc(Cl)nc(C)n2)CC1. The Hall–Kier alpha value is -1.56. The van der Waals surface area contributed by atoms with E-state index < -0.39 is 0 Å². The molecule has 1 saturated heterocycles. The van der Waals surface area contributed by atoms with Crippen LogP contribution in [0.15, 0.2) is 6.07 Å². The molecular weight excluding hydrogens is 266 g/mol. The van der Waals surface area contributed by atoms with Gasteiger partial charge in [-0.3, -0.25) is 0 Å². The standard InChI is InChI=1S/C12H18ClN5O/c1-3-14-12(19)18-6-4-17(5-7-18)11-8-10(13)15-9(2)16-11/h8H,3-7H2,1-2H3,(H,14,19). The molecule has 0 aromatic carbocycles. The van der Waals surface area contributed by atoms with Gasteiger partial charge in [-0.25, -0.2) is 14.8 Å². The average Bonchev–Trinajstić information content (AvgIpc) is 2.38. The fourth-order valence-corrected chi connectivity index (χ4v) is 2.30. The molecule has 1 aliphatic heterocycles. The van der Waals surface area contributed by atoms with Gasteiger partial charge in [0.2, 0.25) is 0 Å². The van der Waals surface area contributed by atoms with Crippen molar-refractivity contribution in [2.24, 2.45) is 0 Å². The van der Waals surface area contributed by atoms with Gasteiger partial charge in [-0.1, -0.05) is 11.6 Å². The zero-order chi connectivity index (χ0) is 13.8. The highest BCUT2D eigenvalue weighted by molar-refractivity contribution is 6.29. The Bertz CT molecular complexity index is 439. The van der Waals surface area contributed by atoms with E-state index in [2.05, 4.69) is 20.2 Å². The molecule has 1 aromatic rings. The van der Waals surface area contributed by atoms with Gasteiger partial charge in [-0.15, -0.1) is 0 Å². The lowest BCUT2D eigenvalue weighted by atomic mass is 10.3. The summed E-state index contributed by atoms with van der Waals surface area (Å²) in [4.78, 5) is 24.1. The van der Waals surface area contributed by atoms with Crippen molar-refractivity contribution in [3.63, 3.8) is 0 Å². The third kappa shape index (κ3) is 3.47. The maximum absolute atomic E-state index is 11.7. The van der Waals surface area contributed by atoms with E-state index in [0.717, 1.165) is 18.9 Å². The second-order valence-corrected chi connectivity index (χ2v) is 4.79. The molecule has 1 aliphatic rings. The number of amides is 2. The van der Waals surface area contributed by atoms with Crippen LogP contribution in [0.2, 0.25) is 5.15 Å². The lowest BCUT2D eigenvalue weighted by Gasteiger charge is -2.35. The molecule has 0 bridgehead atoms. The molecule has 1 fully saturated rings. The highest BCUT2D eigenvalue weighted by Crippen LogP contribution is 2.17. The van der Waals surface area contributed by atoms with E-state index in [1.54, 1.807) is 6.07 Å². The zero-order valence-corrected chi connectivity index (χ0v) is 11.9. The molecule has 2 rings (SSSR count). The lowest BCUT2D eigenvalue weighted by molar-refractivity contribution is 0.195. The predicted octanol–water partition coefficient (Wildman–Crippen LogP) is 1.29. The molecular formula is C12H18ClN5O. The summed E-state index contributed by atoms with van der Waals surface area (Å²) in [5, 5.41) is 3.26. The van der Waals surface area contributed by atoms with Crippen molar-refractivity contribution in [3.8, 4) is 0 Å². The highest BCUT2D eigenvalue weighted by Gasteiger charge is 2.21. The van der Waals surface area contributed by atoms with Gasteiger partial charge in [-0.05, 0) is 13.8 Å². The predicted molar refractivity (Wildman–Crippen MR) is 74.6 cm³/mol. The lowest BCUT2D eigenvalue weighted by Crippen LogP contribution is -2.52. The monoisotopic (exact) mass is 283 g/mol. The van der Waals surface area contributed by atoms with E-state index >= 15 is 0 Å². The zero-order valence-electron chi connectivity index (χ0n) is 11.2. The van der Waals surface area contributed by atoms with Crippen molar-refractivity contribution in [3.05, 3.63) is 17.0 Å². The quantitative estimate of drug-likeness (QED) is 0.831. The fraction of sp³-hybridized carbons (Fsp3) is 0.583. The van der Waals surface area contributed by atoms with E-state index in [1.807, 2.05) is 18.7 Å². The molecule has 2 amide bonds. The summed E-state index contributed by atoms with van der Waals surface area (Å²) in [6, 6.07) is 1.76. The van der Waals surface area contributed by atoms with Crippen LogP contribution in [-0.4, -0.2) is 53.6 Å². The van der Waals surface area contributed by atoms with Crippen LogP contribution < -0.4 is 10.2 Å². The minimum atomic E-state index is -0.000879. The van der Waals surface area contributed by atoms with Crippen LogP contribution in [-0.2, 0) is 0 Å². The van der Waals surface area contributed by atoms with Crippen LogP contribution >= 0.6 is 11.6 Å². The minimum absolute atomic E-state index is 0.000879. The molecule has 0 atom stereocenters. The van der Waals surface area contributed by atoms with Crippen molar-refractivity contribution < 1.29 is 4.79 Å². The molecule has 0 unspecified atom stereocenters. The van der Waals surface area contributed by atoms with Gasteiger partial charge in [0, 0.05) is 38.8 Å². The second-order valence-electron chi connectivity index (χ2n) is 4.41. The number of carbonyl (C=O) groups is 1. The first-order valence-electron chi connectivity index (χ1n) is 6.39. The van der Waals surface area contributed by atoms with E-state index in [9.17, 15) is 4.79 Å². The van der Waals surface area contributed by atoms with E-state index in [4.69, 9.17) is 11.6 Å². The molecule has 0 spiro atoms. The summed E-state index contributed by atoms with van der Waals surface area (Å²) in [5.41, 5.74) is 0. The Morgan fingerprint density at radius 1 is 1.37 bits per heavy atom. The van der Waals surface area contributed by atoms with Gasteiger partial charge < -0.3 is 15.1 Å². The van der Waals surface area contributed by atoms with Crippen molar-refractivity contribution in [1.82, 2.24) is 20.2 Å². The second kappa shape index (κ2) is 6.06. The molecule has 7 heteroatoms. The topological polar surface area (TPSA) is 61.4 Å². The largest absolute Gasteiger partial charge is 0.353 e. The molecule has 6 nitrogen and oxygen atoms in total. The van der Waals surface area contributed by atoms with Gasteiger partial charge in [0.05, 0.1) is 0 Å². The summed E-state index contributed by atoms with van der Waals surface area (Å²) in [5.74, 6) is 1.49. The van der Waals surface area contributed by atoms with Crippen molar-refractivity contribution in [2.75, 3.05) is 37.6 Å². The number of aromatic nitrogens is 2. The Labute approximate surface area is 117 Å². The van der Waals surface area contributed by atoms with E-state index in [-0.39, 0.29) is 6.03 Å². The summed E-state index contributed by atoms with van der Waals surface area (Å²) in [6.07, 6.45) is 0. The summed E-state index contributed by atoms with van der Waals surface area (Å²) in [7, 11) is 0. The van der Waals surface area contributed by atoms with Crippen molar-refractivity contribution >= 4 is 23.4 Å². The van der Waals surface area contributed by atoms with Crippen LogP contribution in [0.5, 0.6) is 0 Å². The number of nitrogens with one attached hydrogen (secondary N) is 1. The van der Waals surface area contributed by atoms with Crippen LogP contribution in [0, 0.1) is 6.92 Å². The smallest absolute Gasteiger partial charge is 0.317 e. The van der Waals surface area contributed by atoms with Gasteiger partial charge in [-0.2, -0.15) is 0 Å². The number of urea groups is 1. The van der Waals surface area contributed by atoms with Crippen LogP contribution in [0.25, 0.3) is 0 Å². The van der Waals surface area contributed by atoms with Gasteiger partial charge >= 0.3 is 6.03 Å². The number of anilines is 1. The van der Waals surface area contributed by atoms with Crippen molar-refractivity contribution in [1.29, 1.82) is 0 Å². The number of hydrogen-bond donors (Lipinski definition) is 1. The first-order chi connectivity index (χ1) is 9.10. The Morgan fingerprint density at radius 2 is 2.05 bits per heavy atom. The number of aryl methyl sites for hydroxylation is 1. The summed E-state index contributed by atoms with van der Waals surface area (Å²) in [6.45, 7) is 7.27. The molecule has 0 aliphatic carbocycles. The van der Waals surface area contributed by atoms with Gasteiger partial charge in [0.15, 0.2) is 0 Å². The molecule has 0 saturated carbocycles. The van der Waals surface area contributed by atoms with Gasteiger partial charge in [0.1, 0.15) is 16.8 Å². The molecule has 0 radical (unpaired) electrons. The van der Waals surface area contributed by atoms with E-state index in [0.29, 0.717) is 30.6 Å². The summed E-state index contributed by atoms with van der Waals surface area (Å²) < 4.78 is 0. The van der Waals surface area contributed by atoms with Gasteiger partial charge in [0.25, 0.3) is 0 Å². The Morgan fingerprint density at radius 3 is 2.63 bits per heavy atom. The Kier molecular flexibility index (Phi) is 4.42. The maximum atomic E-state index is 11.7. The minimum Gasteiger partial charge on any atom is -0.353 e. The van der Waals surface area contributed by atoms with Crippen LogP contribution in [0.1, 0.15) is 12.7 Å². The first kappa shape index (κ1) is 13.9. The number of rotatable bonds is 2. The number of carbonyl (C=O) groups excluding carboxylic acids is 1. The summed E-state index contributed by atoms with van der Waals surface area (Å²) >= 11 is 5.94. The third-order valence-corrected chi connectivity index (χ3v) is 3.21. The fourth-order valence-electron chi connectivity index (χ4n) is 2.08. The van der Waals surface area contributed by atoms with E-state index in [1.165, 1.54) is 0 Å². The maximum Gasteiger partial charge on any atom is 0.317 e. The van der Waals surface area contributed by atoms with Crippen molar-refractivity contribution in [2.45, 2.75) is 13.8 Å². The normalized spacial score (nSPS) is 15.5. The molecule has 2 heterocycles. The number of hydrogen-bond acceptors (Lipinski definition) is 4. The first-order valence-corrected chi connectivity index (χ1v) is 6.77. The highest BCUT2D eigenvalue weighted by atomic mass is 35.5. The van der Waals surface area contributed by atoms with Crippen LogP contribution in [0.3, 0.4) is 0 Å². The molecule has 104 valence electrons. The molecule has 1 N–H and O–H groups in total. The molecule has 19 heavy (non-hydrogen) atoms. The Balaban J connectivity index is 1.97.